The Morgan fingerprint density at radius 3 is 3.00 bits per heavy atom. The van der Waals surface area contributed by atoms with Crippen LogP contribution in [0.5, 0.6) is 0 Å². The van der Waals surface area contributed by atoms with Crippen molar-refractivity contribution in [2.45, 2.75) is 26.2 Å². The number of nitrogens with one attached hydrogen (secondary N) is 1. The molecule has 0 aliphatic heterocycles. The molecule has 0 saturated heterocycles. The molecule has 19 heavy (non-hydrogen) atoms. The first-order valence-corrected chi connectivity index (χ1v) is 6.70. The molecule has 102 valence electrons. The number of nitrogens with zero attached hydrogens (tertiary/aromatic N) is 3. The van der Waals surface area contributed by atoms with Gasteiger partial charge in [0.05, 0.1) is 12.1 Å². The van der Waals surface area contributed by atoms with E-state index >= 15 is 0 Å². The topological polar surface area (TPSA) is 101 Å². The number of hydrogen-bond acceptors (Lipinski definition) is 7. The number of aliphatic carboxylic acids is 1. The van der Waals surface area contributed by atoms with Crippen molar-refractivity contribution in [1.29, 1.82) is 0 Å². The first-order valence-electron chi connectivity index (χ1n) is 5.83. The minimum atomic E-state index is -0.810. The summed E-state index contributed by atoms with van der Waals surface area (Å²) < 4.78 is 4.87. The Morgan fingerprint density at radius 2 is 2.32 bits per heavy atom. The van der Waals surface area contributed by atoms with Gasteiger partial charge in [0.25, 0.3) is 0 Å². The number of aryl methyl sites for hydroxylation is 2. The average Bonchev–Trinajstić information content (AvgIpc) is 2.96. The maximum Gasteiger partial charge on any atom is 0.303 e. The zero-order valence-corrected chi connectivity index (χ0v) is 11.2. The van der Waals surface area contributed by atoms with Gasteiger partial charge in [-0.1, -0.05) is 5.16 Å². The highest BCUT2D eigenvalue weighted by atomic mass is 32.1. The van der Waals surface area contributed by atoms with E-state index in [1.165, 1.54) is 11.3 Å². The zero-order chi connectivity index (χ0) is 13.7. The van der Waals surface area contributed by atoms with E-state index in [9.17, 15) is 4.79 Å². The number of carboxylic acid groups (broad SMARTS) is 1. The minimum Gasteiger partial charge on any atom is -0.481 e. The van der Waals surface area contributed by atoms with Crippen molar-refractivity contribution in [2.24, 2.45) is 0 Å². The summed E-state index contributed by atoms with van der Waals surface area (Å²) in [5.41, 5.74) is 0.797. The van der Waals surface area contributed by atoms with Gasteiger partial charge in [0, 0.05) is 31.7 Å². The van der Waals surface area contributed by atoms with Gasteiger partial charge in [-0.25, -0.2) is 4.98 Å². The molecule has 0 bridgehead atoms. The van der Waals surface area contributed by atoms with Gasteiger partial charge in [0.2, 0.25) is 5.89 Å². The fraction of sp³-hybridized carbons (Fsp3) is 0.455. The second-order valence-electron chi connectivity index (χ2n) is 3.94. The Balaban J connectivity index is 1.75. The standard InChI is InChI=1S/C11H14N4O3S/c1-7-13-9(15-18-7)4-5-12-11-14-8(6-19-11)2-3-10(16)17/h6H,2-5H2,1H3,(H,12,14)(H,16,17). The van der Waals surface area contributed by atoms with E-state index in [4.69, 9.17) is 9.63 Å². The molecule has 2 heterocycles. The number of thiazole rings is 1. The van der Waals surface area contributed by atoms with Crippen LogP contribution in [-0.2, 0) is 17.6 Å². The van der Waals surface area contributed by atoms with Crippen LogP contribution in [0, 0.1) is 6.92 Å². The summed E-state index contributed by atoms with van der Waals surface area (Å²) >= 11 is 1.46. The Bertz CT molecular complexity index is 552. The van der Waals surface area contributed by atoms with Crippen LogP contribution in [-0.4, -0.2) is 32.7 Å². The highest BCUT2D eigenvalue weighted by Gasteiger charge is 2.05. The number of carbonyl (C=O) groups is 1. The second kappa shape index (κ2) is 6.28. The molecular weight excluding hydrogens is 268 g/mol. The molecule has 0 amide bonds. The maximum atomic E-state index is 10.4. The first kappa shape index (κ1) is 13.5. The summed E-state index contributed by atoms with van der Waals surface area (Å²) in [7, 11) is 0. The van der Waals surface area contributed by atoms with E-state index < -0.39 is 5.97 Å². The van der Waals surface area contributed by atoms with Crippen LogP contribution in [0.4, 0.5) is 5.13 Å². The van der Waals surface area contributed by atoms with Gasteiger partial charge in [-0.15, -0.1) is 11.3 Å². The van der Waals surface area contributed by atoms with E-state index in [0.29, 0.717) is 31.1 Å². The summed E-state index contributed by atoms with van der Waals surface area (Å²) in [4.78, 5) is 18.8. The largest absolute Gasteiger partial charge is 0.481 e. The van der Waals surface area contributed by atoms with E-state index in [-0.39, 0.29) is 6.42 Å². The lowest BCUT2D eigenvalue weighted by Crippen LogP contribution is -2.06. The Hall–Kier alpha value is -1.96. The number of hydrogen-bond donors (Lipinski definition) is 2. The van der Waals surface area contributed by atoms with E-state index in [0.717, 1.165) is 10.8 Å². The smallest absolute Gasteiger partial charge is 0.303 e. The van der Waals surface area contributed by atoms with E-state index in [1.807, 2.05) is 5.38 Å². The highest BCUT2D eigenvalue weighted by molar-refractivity contribution is 7.13. The van der Waals surface area contributed by atoms with Crippen molar-refractivity contribution >= 4 is 22.4 Å². The molecule has 0 fully saturated rings. The highest BCUT2D eigenvalue weighted by Crippen LogP contribution is 2.16. The maximum absolute atomic E-state index is 10.4. The third-order valence-electron chi connectivity index (χ3n) is 2.34. The third kappa shape index (κ3) is 4.32. The molecule has 2 aromatic heterocycles. The van der Waals surface area contributed by atoms with Crippen molar-refractivity contribution < 1.29 is 14.4 Å². The second-order valence-corrected chi connectivity index (χ2v) is 4.80. The van der Waals surface area contributed by atoms with Crippen molar-refractivity contribution in [2.75, 3.05) is 11.9 Å². The van der Waals surface area contributed by atoms with Crippen LogP contribution in [0.3, 0.4) is 0 Å². The van der Waals surface area contributed by atoms with Crippen LogP contribution in [0.25, 0.3) is 0 Å². The predicted molar refractivity (Wildman–Crippen MR) is 69.3 cm³/mol. The van der Waals surface area contributed by atoms with Gasteiger partial charge in [0.15, 0.2) is 11.0 Å². The Morgan fingerprint density at radius 1 is 1.47 bits per heavy atom. The Labute approximate surface area is 113 Å². The van der Waals surface area contributed by atoms with E-state index in [2.05, 4.69) is 20.4 Å². The van der Waals surface area contributed by atoms with Crippen LogP contribution < -0.4 is 5.32 Å². The third-order valence-corrected chi connectivity index (χ3v) is 3.19. The summed E-state index contributed by atoms with van der Waals surface area (Å²) in [5.74, 6) is 0.405. The van der Waals surface area contributed by atoms with Gasteiger partial charge in [0.1, 0.15) is 0 Å². The number of rotatable bonds is 7. The van der Waals surface area contributed by atoms with Gasteiger partial charge >= 0.3 is 5.97 Å². The SMILES string of the molecule is Cc1nc(CCNc2nc(CCC(=O)O)cs2)no1. The molecule has 0 saturated carbocycles. The summed E-state index contributed by atoms with van der Waals surface area (Å²) in [5, 5.41) is 18.2. The van der Waals surface area contributed by atoms with Gasteiger partial charge < -0.3 is 14.9 Å². The lowest BCUT2D eigenvalue weighted by molar-refractivity contribution is -0.136. The molecule has 2 rings (SSSR count). The molecule has 2 aromatic rings. The summed E-state index contributed by atoms with van der Waals surface area (Å²) in [6.07, 6.45) is 1.21. The van der Waals surface area contributed by atoms with E-state index in [1.54, 1.807) is 6.92 Å². The van der Waals surface area contributed by atoms with Crippen LogP contribution >= 0.6 is 11.3 Å². The van der Waals surface area contributed by atoms with Crippen molar-refractivity contribution in [3.05, 3.63) is 22.8 Å². The van der Waals surface area contributed by atoms with Gasteiger partial charge in [-0.3, -0.25) is 4.79 Å². The lowest BCUT2D eigenvalue weighted by atomic mass is 10.2. The summed E-state index contributed by atoms with van der Waals surface area (Å²) in [6, 6.07) is 0. The van der Waals surface area contributed by atoms with Crippen molar-refractivity contribution in [3.63, 3.8) is 0 Å². The predicted octanol–water partition coefficient (Wildman–Crippen LogP) is 1.51. The molecule has 0 aliphatic carbocycles. The lowest BCUT2D eigenvalue weighted by Gasteiger charge is -1.98. The molecule has 0 atom stereocenters. The molecular formula is C11H14N4O3S. The summed E-state index contributed by atoms with van der Waals surface area (Å²) in [6.45, 7) is 2.41. The quantitative estimate of drug-likeness (QED) is 0.793. The van der Waals surface area contributed by atoms with Crippen LogP contribution in [0.15, 0.2) is 9.90 Å². The fourth-order valence-corrected chi connectivity index (χ4v) is 2.24. The molecule has 0 aliphatic rings. The normalized spacial score (nSPS) is 10.6. The number of anilines is 1. The minimum absolute atomic E-state index is 0.102. The van der Waals surface area contributed by atoms with Crippen LogP contribution in [0.2, 0.25) is 0 Å². The van der Waals surface area contributed by atoms with Gasteiger partial charge in [-0.2, -0.15) is 4.98 Å². The number of carboxylic acids is 1. The number of aromatic nitrogens is 3. The zero-order valence-electron chi connectivity index (χ0n) is 10.4. The molecule has 7 nitrogen and oxygen atoms in total. The molecule has 2 N–H and O–H groups in total. The molecule has 0 unspecified atom stereocenters. The van der Waals surface area contributed by atoms with Crippen molar-refractivity contribution in [1.82, 2.24) is 15.1 Å². The fourth-order valence-electron chi connectivity index (χ4n) is 1.46. The van der Waals surface area contributed by atoms with Crippen molar-refractivity contribution in [3.8, 4) is 0 Å². The Kier molecular flexibility index (Phi) is 4.45. The first-order chi connectivity index (χ1) is 9.13. The van der Waals surface area contributed by atoms with Gasteiger partial charge in [-0.05, 0) is 0 Å². The monoisotopic (exact) mass is 282 g/mol. The molecule has 0 radical (unpaired) electrons. The van der Waals surface area contributed by atoms with Crippen LogP contribution in [0.1, 0.15) is 23.8 Å². The molecule has 8 heteroatoms. The average molecular weight is 282 g/mol. The molecule has 0 spiro atoms. The molecule has 0 aromatic carbocycles.